The summed E-state index contributed by atoms with van der Waals surface area (Å²) in [5, 5.41) is 0.416. The van der Waals surface area contributed by atoms with Crippen LogP contribution in [0.4, 0.5) is 5.69 Å². The lowest BCUT2D eigenvalue weighted by atomic mass is 10.1. The van der Waals surface area contributed by atoms with Gasteiger partial charge in [0.25, 0.3) is 5.91 Å². The van der Waals surface area contributed by atoms with Crippen molar-refractivity contribution in [3.63, 3.8) is 0 Å². The molecule has 0 aliphatic heterocycles. The van der Waals surface area contributed by atoms with Crippen molar-refractivity contribution in [1.29, 1.82) is 0 Å². The molecule has 0 aliphatic rings. The van der Waals surface area contributed by atoms with Crippen molar-refractivity contribution in [2.45, 2.75) is 20.3 Å². The Morgan fingerprint density at radius 1 is 1.44 bits per heavy atom. The number of anilines is 1. The largest absolute Gasteiger partial charge is 0.398 e. The minimum absolute atomic E-state index is 0.0903. The van der Waals surface area contributed by atoms with Crippen LogP contribution in [0.3, 0.4) is 0 Å². The van der Waals surface area contributed by atoms with E-state index >= 15 is 0 Å². The van der Waals surface area contributed by atoms with Gasteiger partial charge in [-0.05, 0) is 25.5 Å². The van der Waals surface area contributed by atoms with Crippen LogP contribution in [0.15, 0.2) is 18.2 Å². The molecular formula is C12H17ClN2O. The molecule has 2 N–H and O–H groups in total. The molecule has 3 nitrogen and oxygen atoms in total. The first kappa shape index (κ1) is 12.8. The second kappa shape index (κ2) is 5.75. The third kappa shape index (κ3) is 2.67. The molecule has 1 rings (SSSR count). The van der Waals surface area contributed by atoms with Crippen LogP contribution in [0.1, 0.15) is 30.6 Å². The molecule has 88 valence electrons. The fraction of sp³-hybridized carbons (Fsp3) is 0.417. The molecule has 0 bridgehead atoms. The summed E-state index contributed by atoms with van der Waals surface area (Å²) in [5.41, 5.74) is 6.63. The van der Waals surface area contributed by atoms with E-state index in [-0.39, 0.29) is 5.91 Å². The van der Waals surface area contributed by atoms with Crippen LogP contribution >= 0.6 is 11.6 Å². The molecule has 0 heterocycles. The third-order valence-electron chi connectivity index (χ3n) is 2.42. The molecular weight excluding hydrogens is 224 g/mol. The van der Waals surface area contributed by atoms with Gasteiger partial charge in [-0.1, -0.05) is 24.6 Å². The van der Waals surface area contributed by atoms with Crippen molar-refractivity contribution in [2.24, 2.45) is 0 Å². The smallest absolute Gasteiger partial charge is 0.257 e. The van der Waals surface area contributed by atoms with Crippen LogP contribution in [0.25, 0.3) is 0 Å². The van der Waals surface area contributed by atoms with Crippen molar-refractivity contribution in [3.8, 4) is 0 Å². The number of amides is 1. The van der Waals surface area contributed by atoms with E-state index in [0.717, 1.165) is 13.0 Å². The van der Waals surface area contributed by atoms with Crippen molar-refractivity contribution in [1.82, 2.24) is 4.90 Å². The number of nitrogens with two attached hydrogens (primary N) is 1. The molecule has 0 unspecified atom stereocenters. The van der Waals surface area contributed by atoms with Crippen LogP contribution in [-0.2, 0) is 0 Å². The first-order chi connectivity index (χ1) is 7.61. The van der Waals surface area contributed by atoms with Crippen LogP contribution < -0.4 is 5.73 Å². The highest BCUT2D eigenvalue weighted by molar-refractivity contribution is 6.34. The van der Waals surface area contributed by atoms with Crippen molar-refractivity contribution >= 4 is 23.2 Å². The maximum absolute atomic E-state index is 12.2. The Kier molecular flexibility index (Phi) is 4.62. The predicted octanol–water partition coefficient (Wildman–Crippen LogP) is 2.79. The highest BCUT2D eigenvalue weighted by atomic mass is 35.5. The number of halogens is 1. The van der Waals surface area contributed by atoms with Crippen LogP contribution in [0.2, 0.25) is 5.02 Å². The molecule has 0 atom stereocenters. The third-order valence-corrected chi connectivity index (χ3v) is 2.74. The molecule has 1 amide bonds. The van der Waals surface area contributed by atoms with Gasteiger partial charge < -0.3 is 10.6 Å². The van der Waals surface area contributed by atoms with E-state index in [1.807, 2.05) is 13.8 Å². The van der Waals surface area contributed by atoms with Gasteiger partial charge in [0.2, 0.25) is 0 Å². The maximum Gasteiger partial charge on any atom is 0.257 e. The monoisotopic (exact) mass is 240 g/mol. The first-order valence-corrected chi connectivity index (χ1v) is 5.82. The summed E-state index contributed by atoms with van der Waals surface area (Å²) in [4.78, 5) is 13.9. The van der Waals surface area contributed by atoms with Gasteiger partial charge in [-0.3, -0.25) is 4.79 Å². The summed E-state index contributed by atoms with van der Waals surface area (Å²) < 4.78 is 0. The standard InChI is InChI=1S/C12H17ClN2O/c1-3-8-15(4-2)12(16)11-9(13)6-5-7-10(11)14/h5-7H,3-4,8,14H2,1-2H3. The van der Waals surface area contributed by atoms with Gasteiger partial charge in [-0.15, -0.1) is 0 Å². The number of hydrogen-bond acceptors (Lipinski definition) is 2. The van der Waals surface area contributed by atoms with E-state index < -0.39 is 0 Å². The summed E-state index contributed by atoms with van der Waals surface area (Å²) >= 11 is 6.00. The second-order valence-corrected chi connectivity index (χ2v) is 4.00. The van der Waals surface area contributed by atoms with E-state index in [1.165, 1.54) is 0 Å². The van der Waals surface area contributed by atoms with Crippen LogP contribution in [-0.4, -0.2) is 23.9 Å². The molecule has 0 radical (unpaired) electrons. The number of rotatable bonds is 4. The predicted molar refractivity (Wildman–Crippen MR) is 67.7 cm³/mol. The molecule has 1 aromatic rings. The highest BCUT2D eigenvalue weighted by Gasteiger charge is 2.18. The zero-order valence-corrected chi connectivity index (χ0v) is 10.4. The quantitative estimate of drug-likeness (QED) is 0.823. The number of hydrogen-bond donors (Lipinski definition) is 1. The Balaban J connectivity index is 3.03. The topological polar surface area (TPSA) is 46.3 Å². The van der Waals surface area contributed by atoms with Crippen LogP contribution in [0.5, 0.6) is 0 Å². The van der Waals surface area contributed by atoms with Gasteiger partial charge in [0.15, 0.2) is 0 Å². The zero-order valence-electron chi connectivity index (χ0n) is 9.66. The normalized spacial score (nSPS) is 10.2. The Morgan fingerprint density at radius 2 is 2.12 bits per heavy atom. The Labute approximate surface area is 101 Å². The van der Waals surface area contributed by atoms with Crippen molar-refractivity contribution in [2.75, 3.05) is 18.8 Å². The number of benzene rings is 1. The minimum Gasteiger partial charge on any atom is -0.398 e. The lowest BCUT2D eigenvalue weighted by Crippen LogP contribution is -2.32. The van der Waals surface area contributed by atoms with E-state index in [1.54, 1.807) is 23.1 Å². The fourth-order valence-corrected chi connectivity index (χ4v) is 1.86. The minimum atomic E-state index is -0.0903. The highest BCUT2D eigenvalue weighted by Crippen LogP contribution is 2.23. The SMILES string of the molecule is CCCN(CC)C(=O)c1c(N)cccc1Cl. The average Bonchev–Trinajstić information content (AvgIpc) is 2.25. The molecule has 0 saturated heterocycles. The Morgan fingerprint density at radius 3 is 2.62 bits per heavy atom. The number of carbonyl (C=O) groups excluding carboxylic acids is 1. The summed E-state index contributed by atoms with van der Waals surface area (Å²) in [7, 11) is 0. The Hall–Kier alpha value is -1.22. The van der Waals surface area contributed by atoms with Crippen molar-refractivity contribution in [3.05, 3.63) is 28.8 Å². The zero-order chi connectivity index (χ0) is 12.1. The Bertz CT molecular complexity index is 359. The maximum atomic E-state index is 12.2. The molecule has 1 aromatic carbocycles. The van der Waals surface area contributed by atoms with E-state index in [2.05, 4.69) is 0 Å². The number of nitrogens with zero attached hydrogens (tertiary/aromatic N) is 1. The fourth-order valence-electron chi connectivity index (χ4n) is 1.60. The molecule has 4 heteroatoms. The van der Waals surface area contributed by atoms with E-state index in [0.29, 0.717) is 22.8 Å². The van der Waals surface area contributed by atoms with Gasteiger partial charge in [0.1, 0.15) is 0 Å². The molecule has 0 spiro atoms. The second-order valence-electron chi connectivity index (χ2n) is 3.59. The summed E-state index contributed by atoms with van der Waals surface area (Å²) in [6, 6.07) is 5.12. The summed E-state index contributed by atoms with van der Waals surface area (Å²) in [5.74, 6) is -0.0903. The van der Waals surface area contributed by atoms with Crippen LogP contribution in [0, 0.1) is 0 Å². The van der Waals surface area contributed by atoms with Gasteiger partial charge in [-0.2, -0.15) is 0 Å². The molecule has 0 aromatic heterocycles. The van der Waals surface area contributed by atoms with Gasteiger partial charge >= 0.3 is 0 Å². The first-order valence-electron chi connectivity index (χ1n) is 5.45. The molecule has 16 heavy (non-hydrogen) atoms. The lowest BCUT2D eigenvalue weighted by Gasteiger charge is -2.21. The molecule has 0 aliphatic carbocycles. The number of nitrogen functional groups attached to an aromatic ring is 1. The summed E-state index contributed by atoms with van der Waals surface area (Å²) in [6.45, 7) is 5.36. The summed E-state index contributed by atoms with van der Waals surface area (Å²) in [6.07, 6.45) is 0.921. The molecule has 0 saturated carbocycles. The van der Waals surface area contributed by atoms with Gasteiger partial charge in [0, 0.05) is 18.8 Å². The van der Waals surface area contributed by atoms with Gasteiger partial charge in [0.05, 0.1) is 10.6 Å². The average molecular weight is 241 g/mol. The lowest BCUT2D eigenvalue weighted by molar-refractivity contribution is 0.0765. The molecule has 0 fully saturated rings. The van der Waals surface area contributed by atoms with Gasteiger partial charge in [-0.25, -0.2) is 0 Å². The van der Waals surface area contributed by atoms with E-state index in [9.17, 15) is 4.79 Å². The van der Waals surface area contributed by atoms with Crippen molar-refractivity contribution < 1.29 is 4.79 Å². The number of carbonyl (C=O) groups is 1. The van der Waals surface area contributed by atoms with E-state index in [4.69, 9.17) is 17.3 Å².